The van der Waals surface area contributed by atoms with Crippen LogP contribution in [0.15, 0.2) is 82.8 Å². The van der Waals surface area contributed by atoms with E-state index in [1.165, 1.54) is 16.7 Å². The van der Waals surface area contributed by atoms with E-state index in [4.69, 9.17) is 9.47 Å². The molecule has 3 aliphatic heterocycles. The van der Waals surface area contributed by atoms with Crippen LogP contribution in [0.5, 0.6) is 0 Å². The molecule has 0 spiro atoms. The third-order valence-electron chi connectivity index (χ3n) is 7.22. The molecule has 2 aromatic carbocycles. The Morgan fingerprint density at radius 2 is 1.72 bits per heavy atom. The summed E-state index contributed by atoms with van der Waals surface area (Å²) in [6.45, 7) is 5.57. The van der Waals surface area contributed by atoms with E-state index in [1.807, 2.05) is 60.7 Å². The maximum atomic E-state index is 14.2. The molecule has 0 aliphatic carbocycles. The number of ether oxygens (including phenoxy) is 2. The molecule has 2 saturated heterocycles. The molecule has 10 nitrogen and oxygen atoms in total. The van der Waals surface area contributed by atoms with Gasteiger partial charge in [0.15, 0.2) is 12.1 Å². The highest BCUT2D eigenvalue weighted by Crippen LogP contribution is 2.44. The molecule has 222 valence electrons. The fourth-order valence-electron chi connectivity index (χ4n) is 5.34. The predicted molar refractivity (Wildman–Crippen MR) is 159 cm³/mol. The number of benzene rings is 2. The first kappa shape index (κ1) is 29.9. The number of amides is 3. The summed E-state index contributed by atoms with van der Waals surface area (Å²) >= 11 is 1.23. The van der Waals surface area contributed by atoms with Gasteiger partial charge >= 0.3 is 12.1 Å². The molecule has 2 fully saturated rings. The molecular formula is C32H32N4O6S. The Balaban J connectivity index is 1.52. The van der Waals surface area contributed by atoms with Crippen molar-refractivity contribution in [3.63, 3.8) is 0 Å². The van der Waals surface area contributed by atoms with Crippen molar-refractivity contribution in [3.8, 4) is 6.07 Å². The summed E-state index contributed by atoms with van der Waals surface area (Å²) in [4.78, 5) is 54.4. The number of fused-ring (bicyclic) bond motifs is 1. The second kappa shape index (κ2) is 12.4. The van der Waals surface area contributed by atoms with Crippen molar-refractivity contribution >= 4 is 35.6 Å². The Hall–Kier alpha value is -4.56. The smallest absolute Gasteiger partial charge is 0.408 e. The molecule has 0 radical (unpaired) electrons. The Labute approximate surface area is 254 Å². The van der Waals surface area contributed by atoms with Crippen LogP contribution in [0.1, 0.15) is 50.8 Å². The van der Waals surface area contributed by atoms with E-state index in [0.717, 1.165) is 11.1 Å². The number of hydrogen-bond acceptors (Lipinski definition) is 8. The van der Waals surface area contributed by atoms with Crippen LogP contribution in [-0.4, -0.2) is 58.4 Å². The van der Waals surface area contributed by atoms with Crippen molar-refractivity contribution in [2.45, 2.75) is 62.8 Å². The van der Waals surface area contributed by atoms with Crippen LogP contribution in [0, 0.1) is 11.3 Å². The first-order valence-corrected chi connectivity index (χ1v) is 14.9. The lowest BCUT2D eigenvalue weighted by atomic mass is 9.88. The van der Waals surface area contributed by atoms with Gasteiger partial charge in [0.05, 0.1) is 12.5 Å². The standard InChI is InChI=1S/C32H32N4O6S/c1-32(2,3)42-31(40)35-24-28(38)36-25(23(18-43-29(24)36)21(14-16-33)22-15-17-34-27(22)37)30(39)41-26(19-10-6-4-7-11-19)20-12-8-5-9-13-20/h4-13,18,24-26,29H,14-15,17H2,1-3H3,(H,34,37)(H,35,40)/t24-,25?,29-/m1/s1. The summed E-state index contributed by atoms with van der Waals surface area (Å²) in [6, 6.07) is 18.4. The number of nitrogens with zero attached hydrogens (tertiary/aromatic N) is 2. The molecular weight excluding hydrogens is 568 g/mol. The van der Waals surface area contributed by atoms with E-state index >= 15 is 0 Å². The van der Waals surface area contributed by atoms with Crippen molar-refractivity contribution in [1.29, 1.82) is 5.26 Å². The maximum absolute atomic E-state index is 14.2. The van der Waals surface area contributed by atoms with Crippen LogP contribution in [0.3, 0.4) is 0 Å². The first-order valence-electron chi connectivity index (χ1n) is 13.9. The number of β-lactam (4-membered cyclic amide) rings is 1. The van der Waals surface area contributed by atoms with Crippen LogP contribution < -0.4 is 10.6 Å². The number of rotatable bonds is 7. The number of nitriles is 1. The molecule has 0 bridgehead atoms. The molecule has 2 aromatic rings. The summed E-state index contributed by atoms with van der Waals surface area (Å²) < 4.78 is 11.5. The molecule has 0 aromatic heterocycles. The number of esters is 1. The Kier molecular flexibility index (Phi) is 8.59. The predicted octanol–water partition coefficient (Wildman–Crippen LogP) is 4.11. The average Bonchev–Trinajstić information content (AvgIpc) is 3.41. The van der Waals surface area contributed by atoms with Crippen LogP contribution in [0.4, 0.5) is 4.79 Å². The van der Waals surface area contributed by atoms with Crippen molar-refractivity contribution in [1.82, 2.24) is 15.5 Å². The summed E-state index contributed by atoms with van der Waals surface area (Å²) in [5.41, 5.74) is 1.88. The number of nitrogens with one attached hydrogen (secondary N) is 2. The summed E-state index contributed by atoms with van der Waals surface area (Å²) in [5.74, 6) is -1.52. The van der Waals surface area contributed by atoms with Gasteiger partial charge in [0.2, 0.25) is 11.8 Å². The van der Waals surface area contributed by atoms with Crippen molar-refractivity contribution in [2.75, 3.05) is 6.54 Å². The summed E-state index contributed by atoms with van der Waals surface area (Å²) in [7, 11) is 0. The molecule has 3 heterocycles. The minimum absolute atomic E-state index is 0.133. The molecule has 43 heavy (non-hydrogen) atoms. The number of alkyl carbamates (subject to hydrolysis) is 1. The Morgan fingerprint density at radius 3 is 2.26 bits per heavy atom. The Bertz CT molecular complexity index is 1490. The third kappa shape index (κ3) is 6.29. The van der Waals surface area contributed by atoms with Crippen LogP contribution >= 0.6 is 11.8 Å². The molecule has 3 aliphatic rings. The fraction of sp³-hybridized carbons (Fsp3) is 0.344. The average molecular weight is 601 g/mol. The summed E-state index contributed by atoms with van der Waals surface area (Å²) in [6.07, 6.45) is -1.27. The fourth-order valence-corrected chi connectivity index (χ4v) is 6.60. The molecule has 2 N–H and O–H groups in total. The topological polar surface area (TPSA) is 138 Å². The lowest BCUT2D eigenvalue weighted by molar-refractivity contribution is -0.164. The van der Waals surface area contributed by atoms with E-state index < -0.39 is 47.1 Å². The van der Waals surface area contributed by atoms with E-state index in [2.05, 4.69) is 16.7 Å². The zero-order valence-electron chi connectivity index (χ0n) is 24.0. The molecule has 0 saturated carbocycles. The van der Waals surface area contributed by atoms with Crippen LogP contribution in [0.25, 0.3) is 0 Å². The normalized spacial score (nSPS) is 22.4. The van der Waals surface area contributed by atoms with Gasteiger partial charge in [0.1, 0.15) is 17.0 Å². The first-order chi connectivity index (χ1) is 20.6. The second-order valence-corrected chi connectivity index (χ2v) is 12.3. The molecule has 1 unspecified atom stereocenters. The van der Waals surface area contributed by atoms with Gasteiger partial charge in [0.25, 0.3) is 0 Å². The Morgan fingerprint density at radius 1 is 1.09 bits per heavy atom. The van der Waals surface area contributed by atoms with Gasteiger partial charge in [-0.05, 0) is 54.9 Å². The lowest BCUT2D eigenvalue weighted by Gasteiger charge is -2.52. The van der Waals surface area contributed by atoms with Gasteiger partial charge in [-0.15, -0.1) is 11.8 Å². The number of carbonyl (C=O) groups excluding carboxylic acids is 4. The second-order valence-electron chi connectivity index (χ2n) is 11.3. The van der Waals surface area contributed by atoms with Gasteiger partial charge < -0.3 is 25.0 Å². The molecule has 3 atom stereocenters. The van der Waals surface area contributed by atoms with Crippen molar-refractivity contribution < 1.29 is 28.7 Å². The monoisotopic (exact) mass is 600 g/mol. The van der Waals surface area contributed by atoms with Crippen molar-refractivity contribution in [3.05, 3.63) is 93.9 Å². The van der Waals surface area contributed by atoms with E-state index in [1.54, 1.807) is 26.2 Å². The van der Waals surface area contributed by atoms with Gasteiger partial charge in [-0.25, -0.2) is 9.59 Å². The van der Waals surface area contributed by atoms with Gasteiger partial charge in [-0.3, -0.25) is 9.59 Å². The highest BCUT2D eigenvalue weighted by Gasteiger charge is 2.57. The number of carbonyl (C=O) groups is 4. The maximum Gasteiger partial charge on any atom is 0.408 e. The van der Waals surface area contributed by atoms with Crippen molar-refractivity contribution in [2.24, 2.45) is 0 Å². The van der Waals surface area contributed by atoms with Gasteiger partial charge in [-0.2, -0.15) is 5.26 Å². The zero-order valence-corrected chi connectivity index (χ0v) is 24.9. The van der Waals surface area contributed by atoms with Gasteiger partial charge in [-0.1, -0.05) is 60.7 Å². The number of thioether (sulfide) groups is 1. The quantitative estimate of drug-likeness (QED) is 0.275. The van der Waals surface area contributed by atoms with E-state index in [0.29, 0.717) is 29.7 Å². The van der Waals surface area contributed by atoms with E-state index in [-0.39, 0.29) is 12.3 Å². The van der Waals surface area contributed by atoms with Gasteiger partial charge in [0, 0.05) is 12.1 Å². The largest absolute Gasteiger partial charge is 0.451 e. The van der Waals surface area contributed by atoms with E-state index in [9.17, 15) is 24.4 Å². The molecule has 5 rings (SSSR count). The highest BCUT2D eigenvalue weighted by molar-refractivity contribution is 8.03. The lowest BCUT2D eigenvalue weighted by Crippen LogP contribution is -2.74. The minimum Gasteiger partial charge on any atom is -0.451 e. The van der Waals surface area contributed by atoms with Crippen LogP contribution in [-0.2, 0) is 23.9 Å². The molecule has 11 heteroatoms. The summed E-state index contributed by atoms with van der Waals surface area (Å²) in [5, 5.41) is 16.1. The third-order valence-corrected chi connectivity index (χ3v) is 8.39. The SMILES string of the molecule is CC(C)(C)OC(=O)N[C@@H]1C(=O)N2C(C(=O)OC(c3ccccc3)c3ccccc3)C(C(CC#N)=C3CCNC3=O)=CS[C@H]12. The minimum atomic E-state index is -1.24. The van der Waals surface area contributed by atoms with Crippen LogP contribution in [0.2, 0.25) is 0 Å². The molecule has 3 amide bonds. The zero-order chi connectivity index (χ0) is 30.7. The highest BCUT2D eigenvalue weighted by atomic mass is 32.2. The number of hydrogen-bond donors (Lipinski definition) is 2.